The van der Waals surface area contributed by atoms with Gasteiger partial charge in [-0.25, -0.2) is 0 Å². The van der Waals surface area contributed by atoms with E-state index in [-0.39, 0.29) is 0 Å². The Labute approximate surface area is 175 Å². The summed E-state index contributed by atoms with van der Waals surface area (Å²) in [6.07, 6.45) is 48.5. The van der Waals surface area contributed by atoms with E-state index < -0.39 is 0 Å². The van der Waals surface area contributed by atoms with Crippen LogP contribution in [0.1, 0.15) is 103 Å². The summed E-state index contributed by atoms with van der Waals surface area (Å²) in [6.45, 7) is 0. The summed E-state index contributed by atoms with van der Waals surface area (Å²) in [5.41, 5.74) is 0. The van der Waals surface area contributed by atoms with E-state index >= 15 is 0 Å². The SMILES string of the molecule is [C]1=C\C=C/C=C\C=C/C=C\C=C/CCCCCCCCCCCCCCCC1. The monoisotopic (exact) mass is 379 g/mol. The molecule has 1 aliphatic carbocycles. The van der Waals surface area contributed by atoms with Crippen LogP contribution in [0.15, 0.2) is 66.8 Å². The molecule has 0 saturated heterocycles. The highest BCUT2D eigenvalue weighted by Gasteiger charge is 1.94. The molecule has 0 heterocycles. The van der Waals surface area contributed by atoms with Crippen LogP contribution in [0.5, 0.6) is 0 Å². The summed E-state index contributed by atoms with van der Waals surface area (Å²) in [4.78, 5) is 0. The molecular weight excluding hydrogens is 336 g/mol. The lowest BCUT2D eigenvalue weighted by atomic mass is 10.0. The predicted octanol–water partition coefficient (Wildman–Crippen LogP) is 9.38. The summed E-state index contributed by atoms with van der Waals surface area (Å²) in [5.74, 6) is 0. The van der Waals surface area contributed by atoms with Crippen LogP contribution in [-0.4, -0.2) is 0 Å². The highest BCUT2D eigenvalue weighted by atomic mass is 14.0. The minimum absolute atomic E-state index is 1.09. The molecule has 0 aromatic heterocycles. The van der Waals surface area contributed by atoms with Crippen LogP contribution >= 0.6 is 0 Å². The van der Waals surface area contributed by atoms with Crippen molar-refractivity contribution in [3.05, 3.63) is 72.9 Å². The van der Waals surface area contributed by atoms with Gasteiger partial charge in [0.2, 0.25) is 0 Å². The Balaban J connectivity index is 2.26. The second-order valence-corrected chi connectivity index (χ2v) is 7.83. The Bertz CT molecular complexity index is 438. The van der Waals surface area contributed by atoms with Gasteiger partial charge in [-0.3, -0.25) is 0 Å². The smallest absolute Gasteiger partial charge is 0.0276 e. The number of allylic oxidation sites excluding steroid dienone is 12. The third kappa shape index (κ3) is 19.2. The zero-order valence-corrected chi connectivity index (χ0v) is 18.2. The van der Waals surface area contributed by atoms with Crippen LogP contribution in [0.2, 0.25) is 0 Å². The van der Waals surface area contributed by atoms with Gasteiger partial charge in [-0.1, -0.05) is 144 Å². The first-order valence-corrected chi connectivity index (χ1v) is 11.9. The molecule has 1 aliphatic rings. The molecular formula is C28H43. The van der Waals surface area contributed by atoms with E-state index in [9.17, 15) is 0 Å². The average molecular weight is 380 g/mol. The van der Waals surface area contributed by atoms with Gasteiger partial charge in [-0.2, -0.15) is 0 Å². The van der Waals surface area contributed by atoms with Crippen LogP contribution in [-0.2, 0) is 0 Å². The van der Waals surface area contributed by atoms with Crippen LogP contribution in [0, 0.1) is 6.08 Å². The molecule has 0 saturated carbocycles. The summed E-state index contributed by atoms with van der Waals surface area (Å²) in [5, 5.41) is 0. The van der Waals surface area contributed by atoms with Crippen LogP contribution < -0.4 is 0 Å². The lowest BCUT2D eigenvalue weighted by Gasteiger charge is -2.03. The first-order chi connectivity index (χ1) is 14.0. The topological polar surface area (TPSA) is 0 Å². The van der Waals surface area contributed by atoms with E-state index in [1.165, 1.54) is 96.3 Å². The molecule has 0 spiro atoms. The van der Waals surface area contributed by atoms with Gasteiger partial charge in [0.05, 0.1) is 0 Å². The Hall–Kier alpha value is -1.56. The van der Waals surface area contributed by atoms with E-state index in [2.05, 4.69) is 66.8 Å². The van der Waals surface area contributed by atoms with E-state index in [1.807, 2.05) is 6.08 Å². The molecule has 0 nitrogen and oxygen atoms in total. The quantitative estimate of drug-likeness (QED) is 0.393. The van der Waals surface area contributed by atoms with Crippen LogP contribution in [0.25, 0.3) is 0 Å². The normalized spacial score (nSPS) is 26.3. The van der Waals surface area contributed by atoms with Gasteiger partial charge in [0.1, 0.15) is 0 Å². The fraction of sp³-hybridized carbons (Fsp3) is 0.571. The maximum absolute atomic E-state index is 3.37. The lowest BCUT2D eigenvalue weighted by Crippen LogP contribution is -1.83. The molecule has 0 amide bonds. The van der Waals surface area contributed by atoms with Crippen molar-refractivity contribution < 1.29 is 0 Å². The second-order valence-electron chi connectivity index (χ2n) is 7.83. The Morgan fingerprint density at radius 3 is 1.29 bits per heavy atom. The number of rotatable bonds is 0. The van der Waals surface area contributed by atoms with Gasteiger partial charge in [0, 0.05) is 0 Å². The van der Waals surface area contributed by atoms with Crippen LogP contribution in [0.4, 0.5) is 0 Å². The molecule has 0 unspecified atom stereocenters. The van der Waals surface area contributed by atoms with Crippen LogP contribution in [0.3, 0.4) is 0 Å². The first-order valence-electron chi connectivity index (χ1n) is 11.9. The van der Waals surface area contributed by atoms with Crippen molar-refractivity contribution in [3.63, 3.8) is 0 Å². The standard InChI is InChI=1S/C28H43/c1-2-4-6-8-10-12-14-16-18-20-22-24-26-28-27-25-23-21-19-17-15-13-11-9-7-5-3-1/h1-11H,12,14-28H2/b2-1-,5-3-,6-4-,9-7-,10-8-,13-11?. The average Bonchev–Trinajstić information content (AvgIpc) is 2.71. The third-order valence-corrected chi connectivity index (χ3v) is 5.18. The van der Waals surface area contributed by atoms with Gasteiger partial charge in [-0.15, -0.1) is 0 Å². The number of hydrogen-bond donors (Lipinski definition) is 0. The van der Waals surface area contributed by atoms with Crippen molar-refractivity contribution >= 4 is 0 Å². The van der Waals surface area contributed by atoms with Crippen molar-refractivity contribution in [1.29, 1.82) is 0 Å². The fourth-order valence-electron chi connectivity index (χ4n) is 3.44. The minimum atomic E-state index is 1.09. The largest absolute Gasteiger partial charge is 0.0845 e. The molecule has 28 heavy (non-hydrogen) atoms. The zero-order valence-electron chi connectivity index (χ0n) is 18.2. The molecule has 155 valence electrons. The Morgan fingerprint density at radius 1 is 0.357 bits per heavy atom. The second kappa shape index (κ2) is 21.7. The fourth-order valence-corrected chi connectivity index (χ4v) is 3.44. The molecule has 0 aromatic rings. The minimum Gasteiger partial charge on any atom is -0.0845 e. The van der Waals surface area contributed by atoms with Gasteiger partial charge in [0.25, 0.3) is 0 Å². The van der Waals surface area contributed by atoms with Gasteiger partial charge in [0.15, 0.2) is 0 Å². The summed E-state index contributed by atoms with van der Waals surface area (Å²) < 4.78 is 0. The molecule has 0 aliphatic heterocycles. The van der Waals surface area contributed by atoms with E-state index in [1.54, 1.807) is 0 Å². The lowest BCUT2D eigenvalue weighted by molar-refractivity contribution is 0.534. The molecule has 0 atom stereocenters. The van der Waals surface area contributed by atoms with E-state index in [0.717, 1.165) is 6.42 Å². The highest BCUT2D eigenvalue weighted by Crippen LogP contribution is 2.13. The first kappa shape index (κ1) is 24.5. The predicted molar refractivity (Wildman–Crippen MR) is 127 cm³/mol. The summed E-state index contributed by atoms with van der Waals surface area (Å²) >= 11 is 0. The molecule has 0 heteroatoms. The summed E-state index contributed by atoms with van der Waals surface area (Å²) in [6, 6.07) is 0. The maximum atomic E-state index is 3.37. The van der Waals surface area contributed by atoms with Crippen molar-refractivity contribution in [1.82, 2.24) is 0 Å². The maximum Gasteiger partial charge on any atom is -0.0276 e. The van der Waals surface area contributed by atoms with Crippen molar-refractivity contribution in [2.24, 2.45) is 0 Å². The molecule has 0 fully saturated rings. The molecule has 0 N–H and O–H groups in total. The van der Waals surface area contributed by atoms with Gasteiger partial charge >= 0.3 is 0 Å². The Kier molecular flexibility index (Phi) is 19.0. The van der Waals surface area contributed by atoms with Crippen molar-refractivity contribution in [3.8, 4) is 0 Å². The van der Waals surface area contributed by atoms with E-state index in [4.69, 9.17) is 0 Å². The van der Waals surface area contributed by atoms with Crippen molar-refractivity contribution in [2.45, 2.75) is 103 Å². The molecule has 0 bridgehead atoms. The van der Waals surface area contributed by atoms with E-state index in [0.29, 0.717) is 0 Å². The molecule has 1 radical (unpaired) electrons. The summed E-state index contributed by atoms with van der Waals surface area (Å²) in [7, 11) is 0. The highest BCUT2D eigenvalue weighted by molar-refractivity contribution is 5.19. The molecule has 0 aromatic carbocycles. The van der Waals surface area contributed by atoms with Gasteiger partial charge < -0.3 is 0 Å². The third-order valence-electron chi connectivity index (χ3n) is 5.18. The Morgan fingerprint density at radius 2 is 0.750 bits per heavy atom. The zero-order chi connectivity index (χ0) is 19.8. The number of hydrogen-bond acceptors (Lipinski definition) is 0. The van der Waals surface area contributed by atoms with Crippen molar-refractivity contribution in [2.75, 3.05) is 0 Å². The van der Waals surface area contributed by atoms with Gasteiger partial charge in [-0.05, 0) is 31.8 Å². The molecule has 1 rings (SSSR count).